The Morgan fingerprint density at radius 2 is 2.14 bits per heavy atom. The minimum Gasteiger partial charge on any atom is -0.389 e. The van der Waals surface area contributed by atoms with Crippen molar-refractivity contribution in [1.82, 2.24) is 10.6 Å². The van der Waals surface area contributed by atoms with Crippen LogP contribution in [0, 0.1) is 11.8 Å². The van der Waals surface area contributed by atoms with Gasteiger partial charge in [0.25, 0.3) is 0 Å². The molecule has 0 aromatic heterocycles. The number of carbonyl (C=O) groups is 1. The first-order chi connectivity index (χ1) is 10.0. The Hall–Kier alpha value is -0.910. The third-order valence-corrected chi connectivity index (χ3v) is 3.96. The maximum Gasteiger partial charge on any atom is 0.236 e. The average molecular weight is 298 g/mol. The molecule has 0 bridgehead atoms. The standard InChI is InChI=1S/C16H30N2O3/c1-4-17-16(20)13(3)18-9-15(19)11-21-10-14-8-6-5-7-12(14)2/h5-6,12-15,18-19H,4,7-11H2,1-3H3,(H,17,20). The zero-order valence-corrected chi connectivity index (χ0v) is 13.5. The Bertz CT molecular complexity index is 333. The van der Waals surface area contributed by atoms with Crippen molar-refractivity contribution in [2.75, 3.05) is 26.3 Å². The first-order valence-corrected chi connectivity index (χ1v) is 7.96. The molecular formula is C16H30N2O3. The van der Waals surface area contributed by atoms with Crippen molar-refractivity contribution in [3.05, 3.63) is 12.2 Å². The average Bonchev–Trinajstić information content (AvgIpc) is 2.47. The zero-order valence-electron chi connectivity index (χ0n) is 13.5. The number of ether oxygens (including phenoxy) is 1. The van der Waals surface area contributed by atoms with Gasteiger partial charge in [0, 0.05) is 13.1 Å². The lowest BCUT2D eigenvalue weighted by Gasteiger charge is -2.25. The van der Waals surface area contributed by atoms with Crippen LogP contribution in [0.2, 0.25) is 0 Å². The summed E-state index contributed by atoms with van der Waals surface area (Å²) in [6.45, 7) is 7.88. The third kappa shape index (κ3) is 7.07. The molecule has 5 nitrogen and oxygen atoms in total. The van der Waals surface area contributed by atoms with Gasteiger partial charge in [0.2, 0.25) is 5.91 Å². The van der Waals surface area contributed by atoms with Gasteiger partial charge in [-0.1, -0.05) is 19.1 Å². The molecule has 21 heavy (non-hydrogen) atoms. The Morgan fingerprint density at radius 1 is 1.43 bits per heavy atom. The van der Waals surface area contributed by atoms with E-state index in [1.165, 1.54) is 0 Å². The lowest BCUT2D eigenvalue weighted by molar-refractivity contribution is -0.122. The highest BCUT2D eigenvalue weighted by Crippen LogP contribution is 2.24. The summed E-state index contributed by atoms with van der Waals surface area (Å²) in [4.78, 5) is 11.5. The van der Waals surface area contributed by atoms with Crippen LogP contribution in [0.1, 0.15) is 33.6 Å². The van der Waals surface area contributed by atoms with Crippen LogP contribution in [0.15, 0.2) is 12.2 Å². The lowest BCUT2D eigenvalue weighted by atomic mass is 9.85. The Morgan fingerprint density at radius 3 is 2.81 bits per heavy atom. The second-order valence-corrected chi connectivity index (χ2v) is 5.90. The first kappa shape index (κ1) is 18.1. The van der Waals surface area contributed by atoms with E-state index in [4.69, 9.17) is 4.74 Å². The minimum absolute atomic E-state index is 0.0477. The predicted octanol–water partition coefficient (Wildman–Crippen LogP) is 1.08. The van der Waals surface area contributed by atoms with Crippen LogP contribution in [-0.2, 0) is 9.53 Å². The number of likely N-dealkylation sites (N-methyl/N-ethyl adjacent to an activating group) is 1. The number of hydrogen-bond donors (Lipinski definition) is 3. The van der Waals surface area contributed by atoms with Crippen molar-refractivity contribution >= 4 is 5.91 Å². The van der Waals surface area contributed by atoms with Crippen LogP contribution in [-0.4, -0.2) is 49.5 Å². The van der Waals surface area contributed by atoms with Gasteiger partial charge in [-0.25, -0.2) is 0 Å². The Labute approximate surface area is 128 Å². The molecule has 0 saturated heterocycles. The summed E-state index contributed by atoms with van der Waals surface area (Å²) in [5.74, 6) is 1.14. The predicted molar refractivity (Wildman–Crippen MR) is 84.0 cm³/mol. The van der Waals surface area contributed by atoms with Crippen LogP contribution in [0.3, 0.4) is 0 Å². The molecule has 0 heterocycles. The quantitative estimate of drug-likeness (QED) is 0.557. The highest BCUT2D eigenvalue weighted by Gasteiger charge is 2.19. The molecule has 122 valence electrons. The number of hydrogen-bond acceptors (Lipinski definition) is 4. The van der Waals surface area contributed by atoms with Gasteiger partial charge in [0.1, 0.15) is 0 Å². The van der Waals surface area contributed by atoms with E-state index in [0.29, 0.717) is 38.1 Å². The van der Waals surface area contributed by atoms with Gasteiger partial charge in [0.15, 0.2) is 0 Å². The molecule has 0 saturated carbocycles. The second kappa shape index (κ2) is 9.92. The molecule has 0 aromatic carbocycles. The van der Waals surface area contributed by atoms with E-state index in [1.54, 1.807) is 6.92 Å². The highest BCUT2D eigenvalue weighted by molar-refractivity contribution is 5.81. The molecule has 0 spiro atoms. The Balaban J connectivity index is 2.12. The molecule has 0 aliphatic heterocycles. The van der Waals surface area contributed by atoms with Gasteiger partial charge in [0.05, 0.1) is 25.4 Å². The highest BCUT2D eigenvalue weighted by atomic mass is 16.5. The smallest absolute Gasteiger partial charge is 0.236 e. The van der Waals surface area contributed by atoms with E-state index in [-0.39, 0.29) is 11.9 Å². The monoisotopic (exact) mass is 298 g/mol. The molecular weight excluding hydrogens is 268 g/mol. The molecule has 0 fully saturated rings. The molecule has 1 amide bonds. The largest absolute Gasteiger partial charge is 0.389 e. The van der Waals surface area contributed by atoms with E-state index in [2.05, 4.69) is 29.7 Å². The van der Waals surface area contributed by atoms with Crippen molar-refractivity contribution in [3.63, 3.8) is 0 Å². The number of aliphatic hydroxyl groups excluding tert-OH is 1. The molecule has 1 aliphatic rings. The Kier molecular flexibility index (Phi) is 8.57. The molecule has 5 heteroatoms. The van der Waals surface area contributed by atoms with E-state index in [0.717, 1.165) is 12.8 Å². The van der Waals surface area contributed by atoms with E-state index < -0.39 is 6.10 Å². The van der Waals surface area contributed by atoms with Gasteiger partial charge in [-0.05, 0) is 38.5 Å². The molecule has 0 radical (unpaired) electrons. The third-order valence-electron chi connectivity index (χ3n) is 3.96. The van der Waals surface area contributed by atoms with Gasteiger partial charge in [-0.2, -0.15) is 0 Å². The fourth-order valence-corrected chi connectivity index (χ4v) is 2.39. The van der Waals surface area contributed by atoms with Crippen molar-refractivity contribution < 1.29 is 14.6 Å². The number of allylic oxidation sites excluding steroid dienone is 2. The first-order valence-electron chi connectivity index (χ1n) is 7.96. The molecule has 0 aromatic rings. The summed E-state index contributed by atoms with van der Waals surface area (Å²) < 4.78 is 5.62. The molecule has 4 atom stereocenters. The van der Waals surface area contributed by atoms with Crippen molar-refractivity contribution in [1.29, 1.82) is 0 Å². The number of aliphatic hydroxyl groups is 1. The van der Waals surface area contributed by atoms with Gasteiger partial charge in [-0.3, -0.25) is 4.79 Å². The fourth-order valence-electron chi connectivity index (χ4n) is 2.39. The van der Waals surface area contributed by atoms with Crippen molar-refractivity contribution in [2.45, 2.75) is 45.8 Å². The lowest BCUT2D eigenvalue weighted by Crippen LogP contribution is -2.45. The van der Waals surface area contributed by atoms with Gasteiger partial charge in [-0.15, -0.1) is 0 Å². The van der Waals surface area contributed by atoms with E-state index >= 15 is 0 Å². The normalized spacial score (nSPS) is 24.6. The summed E-state index contributed by atoms with van der Waals surface area (Å²) in [5.41, 5.74) is 0. The topological polar surface area (TPSA) is 70.6 Å². The molecule has 4 unspecified atom stereocenters. The summed E-state index contributed by atoms with van der Waals surface area (Å²) in [6.07, 6.45) is 6.02. The van der Waals surface area contributed by atoms with Crippen LogP contribution < -0.4 is 10.6 Å². The molecule has 1 aliphatic carbocycles. The maximum atomic E-state index is 11.5. The van der Waals surface area contributed by atoms with Crippen LogP contribution in [0.25, 0.3) is 0 Å². The number of nitrogens with one attached hydrogen (secondary N) is 2. The van der Waals surface area contributed by atoms with Crippen molar-refractivity contribution in [3.8, 4) is 0 Å². The summed E-state index contributed by atoms with van der Waals surface area (Å²) >= 11 is 0. The van der Waals surface area contributed by atoms with Crippen molar-refractivity contribution in [2.24, 2.45) is 11.8 Å². The van der Waals surface area contributed by atoms with E-state index in [1.807, 2.05) is 6.92 Å². The van der Waals surface area contributed by atoms with Crippen LogP contribution in [0.4, 0.5) is 0 Å². The minimum atomic E-state index is -0.587. The van der Waals surface area contributed by atoms with E-state index in [9.17, 15) is 9.90 Å². The number of amides is 1. The van der Waals surface area contributed by atoms with Gasteiger partial charge >= 0.3 is 0 Å². The van der Waals surface area contributed by atoms with Gasteiger partial charge < -0.3 is 20.5 Å². The van der Waals surface area contributed by atoms with Crippen LogP contribution >= 0.6 is 0 Å². The molecule has 1 rings (SSSR count). The molecule has 3 N–H and O–H groups in total. The number of rotatable bonds is 9. The summed E-state index contributed by atoms with van der Waals surface area (Å²) in [6, 6.07) is -0.303. The zero-order chi connectivity index (χ0) is 15.7. The SMILES string of the molecule is CCNC(=O)C(C)NCC(O)COCC1CC=CCC1C. The number of carbonyl (C=O) groups excluding carboxylic acids is 1. The summed E-state index contributed by atoms with van der Waals surface area (Å²) in [5, 5.41) is 15.6. The van der Waals surface area contributed by atoms with Crippen LogP contribution in [0.5, 0.6) is 0 Å². The summed E-state index contributed by atoms with van der Waals surface area (Å²) in [7, 11) is 0. The second-order valence-electron chi connectivity index (χ2n) is 5.90. The maximum absolute atomic E-state index is 11.5. The fraction of sp³-hybridized carbons (Fsp3) is 0.812.